The number of hydrogen-bond acceptors (Lipinski definition) is 4. The Bertz CT molecular complexity index is 633. The van der Waals surface area contributed by atoms with Gasteiger partial charge in [0, 0.05) is 49.1 Å². The highest BCUT2D eigenvalue weighted by atomic mass is 79.9. The lowest BCUT2D eigenvalue weighted by atomic mass is 10.2. The van der Waals surface area contributed by atoms with Crippen LogP contribution in [0.25, 0.3) is 11.0 Å². The smallest absolute Gasteiger partial charge is 0.112 e. The summed E-state index contributed by atoms with van der Waals surface area (Å²) in [5.41, 5.74) is 3.19. The highest BCUT2D eigenvalue weighted by molar-refractivity contribution is 9.10. The van der Waals surface area contributed by atoms with Crippen molar-refractivity contribution in [3.05, 3.63) is 29.0 Å². The van der Waals surface area contributed by atoms with Crippen molar-refractivity contribution in [3.63, 3.8) is 0 Å². The molecule has 5 heteroatoms. The van der Waals surface area contributed by atoms with E-state index in [1.54, 1.807) is 0 Å². The van der Waals surface area contributed by atoms with Gasteiger partial charge in [-0.3, -0.25) is 14.9 Å². The zero-order valence-electron chi connectivity index (χ0n) is 11.3. The van der Waals surface area contributed by atoms with Crippen molar-refractivity contribution in [3.8, 4) is 0 Å². The van der Waals surface area contributed by atoms with E-state index in [9.17, 15) is 0 Å². The van der Waals surface area contributed by atoms with Gasteiger partial charge in [0.15, 0.2) is 0 Å². The summed E-state index contributed by atoms with van der Waals surface area (Å²) in [5, 5.41) is 0. The van der Waals surface area contributed by atoms with E-state index in [4.69, 9.17) is 0 Å². The molecule has 0 atom stereocenters. The average Bonchev–Trinajstić information content (AvgIpc) is 3.31. The molecule has 4 rings (SSSR count). The minimum atomic E-state index is 0.875. The summed E-state index contributed by atoms with van der Waals surface area (Å²) in [6.07, 6.45) is 6.54. The second kappa shape index (κ2) is 4.97. The minimum absolute atomic E-state index is 0.875. The number of nitrogens with zero attached hydrogens (tertiary/aromatic N) is 4. The molecule has 0 amide bonds. The molecule has 4 nitrogen and oxygen atoms in total. The Kier molecular flexibility index (Phi) is 3.11. The number of halogens is 1. The van der Waals surface area contributed by atoms with Gasteiger partial charge in [0.1, 0.15) is 5.52 Å². The van der Waals surface area contributed by atoms with Gasteiger partial charge < -0.3 is 4.90 Å². The van der Waals surface area contributed by atoms with Crippen molar-refractivity contribution >= 4 is 32.7 Å². The highest BCUT2D eigenvalue weighted by Gasteiger charge is 2.31. The number of anilines is 1. The summed E-state index contributed by atoms with van der Waals surface area (Å²) in [4.78, 5) is 14.1. The van der Waals surface area contributed by atoms with Gasteiger partial charge in [-0.15, -0.1) is 0 Å². The Balaban J connectivity index is 1.62. The Morgan fingerprint density at radius 1 is 1.10 bits per heavy atom. The molecule has 20 heavy (non-hydrogen) atoms. The van der Waals surface area contributed by atoms with Crippen LogP contribution in [0.5, 0.6) is 0 Å². The van der Waals surface area contributed by atoms with E-state index < -0.39 is 0 Å². The first-order chi connectivity index (χ1) is 9.81. The summed E-state index contributed by atoms with van der Waals surface area (Å²) in [6, 6.07) is 5.00. The van der Waals surface area contributed by atoms with Gasteiger partial charge in [-0.25, -0.2) is 0 Å². The quantitative estimate of drug-likeness (QED) is 0.846. The van der Waals surface area contributed by atoms with Crippen molar-refractivity contribution in [2.24, 2.45) is 0 Å². The van der Waals surface area contributed by atoms with E-state index in [0.717, 1.165) is 34.6 Å². The SMILES string of the molecule is Brc1cnc2c(N3CCN(C4CC4)CC3)ccnc2c1. The standard InChI is InChI=1S/C15H17BrN4/c16-11-9-13-15(18-10-11)14(3-4-17-13)20-7-5-19(6-8-20)12-1-2-12/h3-4,9-10,12H,1-2,5-8H2. The van der Waals surface area contributed by atoms with Gasteiger partial charge in [-0.1, -0.05) is 0 Å². The van der Waals surface area contributed by atoms with Gasteiger partial charge in [0.05, 0.1) is 11.2 Å². The van der Waals surface area contributed by atoms with Crippen molar-refractivity contribution in [1.82, 2.24) is 14.9 Å². The van der Waals surface area contributed by atoms with E-state index in [1.165, 1.54) is 31.6 Å². The largest absolute Gasteiger partial charge is 0.367 e. The predicted octanol–water partition coefficient (Wildman–Crippen LogP) is 2.68. The molecule has 0 N–H and O–H groups in total. The van der Waals surface area contributed by atoms with Gasteiger partial charge in [0.2, 0.25) is 0 Å². The molecule has 104 valence electrons. The average molecular weight is 333 g/mol. The fraction of sp³-hybridized carbons (Fsp3) is 0.467. The number of pyridine rings is 2. The number of rotatable bonds is 2. The lowest BCUT2D eigenvalue weighted by Crippen LogP contribution is -2.47. The molecule has 2 fully saturated rings. The van der Waals surface area contributed by atoms with Gasteiger partial charge >= 0.3 is 0 Å². The number of aromatic nitrogens is 2. The maximum Gasteiger partial charge on any atom is 0.112 e. The maximum atomic E-state index is 4.56. The Labute approximate surface area is 126 Å². The lowest BCUT2D eigenvalue weighted by Gasteiger charge is -2.36. The van der Waals surface area contributed by atoms with Crippen LogP contribution in [0.1, 0.15) is 12.8 Å². The number of piperazine rings is 1. The molecule has 0 aromatic carbocycles. The molecule has 1 saturated carbocycles. The molecule has 1 aliphatic heterocycles. The first kappa shape index (κ1) is 12.5. The van der Waals surface area contributed by atoms with Gasteiger partial charge in [0.25, 0.3) is 0 Å². The molecule has 0 unspecified atom stereocenters. The van der Waals surface area contributed by atoms with E-state index in [2.05, 4.69) is 41.8 Å². The number of fused-ring (bicyclic) bond motifs is 1. The second-order valence-corrected chi connectivity index (χ2v) is 6.52. The zero-order chi connectivity index (χ0) is 13.5. The Morgan fingerprint density at radius 2 is 1.90 bits per heavy atom. The third-order valence-electron chi connectivity index (χ3n) is 4.24. The van der Waals surface area contributed by atoms with E-state index in [0.29, 0.717) is 0 Å². The molecule has 2 aromatic heterocycles. The topological polar surface area (TPSA) is 32.3 Å². The van der Waals surface area contributed by atoms with Crippen LogP contribution >= 0.6 is 15.9 Å². The molecule has 2 aliphatic rings. The Morgan fingerprint density at radius 3 is 2.65 bits per heavy atom. The van der Waals surface area contributed by atoms with Gasteiger partial charge in [-0.2, -0.15) is 0 Å². The van der Waals surface area contributed by atoms with Crippen LogP contribution in [0.2, 0.25) is 0 Å². The summed E-state index contributed by atoms with van der Waals surface area (Å²) in [6.45, 7) is 4.52. The monoisotopic (exact) mass is 332 g/mol. The van der Waals surface area contributed by atoms with Gasteiger partial charge in [-0.05, 0) is 40.9 Å². The lowest BCUT2D eigenvalue weighted by molar-refractivity contribution is 0.248. The fourth-order valence-electron chi connectivity index (χ4n) is 3.01. The third-order valence-corrected chi connectivity index (χ3v) is 4.67. The summed E-state index contributed by atoms with van der Waals surface area (Å²) < 4.78 is 0.980. The third kappa shape index (κ3) is 2.29. The van der Waals surface area contributed by atoms with Crippen molar-refractivity contribution in [1.29, 1.82) is 0 Å². The molecule has 1 aliphatic carbocycles. The maximum absolute atomic E-state index is 4.56. The van der Waals surface area contributed by atoms with E-state index >= 15 is 0 Å². The molecule has 0 radical (unpaired) electrons. The van der Waals surface area contributed by atoms with Crippen LogP contribution in [0.15, 0.2) is 29.0 Å². The van der Waals surface area contributed by atoms with Crippen LogP contribution in [0.3, 0.4) is 0 Å². The predicted molar refractivity (Wildman–Crippen MR) is 84.0 cm³/mol. The first-order valence-electron chi connectivity index (χ1n) is 7.20. The van der Waals surface area contributed by atoms with E-state index in [1.807, 2.05) is 18.5 Å². The van der Waals surface area contributed by atoms with Crippen molar-refractivity contribution in [2.75, 3.05) is 31.1 Å². The molecule has 0 spiro atoms. The summed E-state index contributed by atoms with van der Waals surface area (Å²) >= 11 is 3.46. The molecule has 1 saturated heterocycles. The molecule has 0 bridgehead atoms. The minimum Gasteiger partial charge on any atom is -0.367 e. The summed E-state index contributed by atoms with van der Waals surface area (Å²) in [7, 11) is 0. The zero-order valence-corrected chi connectivity index (χ0v) is 12.9. The van der Waals surface area contributed by atoms with Crippen LogP contribution in [-0.4, -0.2) is 47.1 Å². The van der Waals surface area contributed by atoms with Crippen LogP contribution < -0.4 is 4.90 Å². The Hall–Kier alpha value is -1.20. The number of hydrogen-bond donors (Lipinski definition) is 0. The van der Waals surface area contributed by atoms with E-state index in [-0.39, 0.29) is 0 Å². The molecular weight excluding hydrogens is 316 g/mol. The molecular formula is C15H17BrN4. The summed E-state index contributed by atoms with van der Waals surface area (Å²) in [5.74, 6) is 0. The molecule has 2 aromatic rings. The molecule has 3 heterocycles. The van der Waals surface area contributed by atoms with Crippen LogP contribution in [0.4, 0.5) is 5.69 Å². The first-order valence-corrected chi connectivity index (χ1v) is 8.00. The van der Waals surface area contributed by atoms with Crippen LogP contribution in [-0.2, 0) is 0 Å². The van der Waals surface area contributed by atoms with Crippen LogP contribution in [0, 0.1) is 0 Å². The second-order valence-electron chi connectivity index (χ2n) is 5.61. The highest BCUT2D eigenvalue weighted by Crippen LogP contribution is 2.30. The van der Waals surface area contributed by atoms with Crippen molar-refractivity contribution in [2.45, 2.75) is 18.9 Å². The fourth-order valence-corrected chi connectivity index (χ4v) is 3.33. The normalized spacial score (nSPS) is 20.6. The van der Waals surface area contributed by atoms with Crippen molar-refractivity contribution < 1.29 is 0 Å².